The summed E-state index contributed by atoms with van der Waals surface area (Å²) in [5.74, 6) is 0. The molecule has 0 aliphatic carbocycles. The third-order valence-corrected chi connectivity index (χ3v) is 0.809. The first-order valence-corrected chi connectivity index (χ1v) is 4.53. The fraction of sp³-hybridized carbons (Fsp3) is 0.143. The Kier molecular flexibility index (Phi) is 5.57. The van der Waals surface area contributed by atoms with E-state index in [-0.39, 0.29) is 0 Å². The van der Waals surface area contributed by atoms with Crippen LogP contribution in [0.3, 0.4) is 0 Å². The molecule has 0 atom stereocenters. The Balaban J connectivity index is 0.000000218. The van der Waals surface area contributed by atoms with E-state index in [0.717, 1.165) is 0 Å². The van der Waals surface area contributed by atoms with Crippen molar-refractivity contribution in [1.82, 2.24) is 4.98 Å². The van der Waals surface area contributed by atoms with Gasteiger partial charge in [-0.15, -0.1) is 0 Å². The summed E-state index contributed by atoms with van der Waals surface area (Å²) in [5.41, 5.74) is 1.21. The molecule has 1 N–H and O–H groups in total. The number of hydrogen-bond donors (Lipinski definition) is 1. The predicted octanol–water partition coefficient (Wildman–Crippen LogP) is 1.60. The summed E-state index contributed by atoms with van der Waals surface area (Å²) in [7, 11) is 0. The van der Waals surface area contributed by atoms with Gasteiger partial charge >= 0.3 is 32.8 Å². The van der Waals surface area contributed by atoms with Gasteiger partial charge in [0.1, 0.15) is 0 Å². The summed E-state index contributed by atoms with van der Waals surface area (Å²) in [6.45, 7) is 2.02. The molecule has 1 aromatic rings. The molecule has 0 unspecified atom stereocenters. The Morgan fingerprint density at radius 3 is 2.45 bits per heavy atom. The third kappa shape index (κ3) is 9.24. The number of carbonyl (C=O) groups is 1. The van der Waals surface area contributed by atoms with Crippen LogP contribution in [0.15, 0.2) is 24.5 Å². The number of aryl methyl sites for hydroxylation is 1. The van der Waals surface area contributed by atoms with Crippen molar-refractivity contribution >= 4 is 4.56 Å². The average molecular weight is 204 g/mol. The van der Waals surface area contributed by atoms with Gasteiger partial charge in [-0.05, 0) is 18.6 Å². The zero-order valence-corrected chi connectivity index (χ0v) is 9.29. The summed E-state index contributed by atoms with van der Waals surface area (Å²) in [6, 6.07) is 3.95. The molecule has 0 amide bonds. The van der Waals surface area contributed by atoms with Crippen LogP contribution >= 0.6 is 0 Å². The minimum absolute atomic E-state index is 0.347. The zero-order chi connectivity index (χ0) is 8.69. The van der Waals surface area contributed by atoms with E-state index in [1.807, 2.05) is 25.3 Å². The van der Waals surface area contributed by atoms with Crippen LogP contribution in [0.1, 0.15) is 5.56 Å². The Labute approximate surface area is 75.1 Å². The number of aromatic nitrogens is 1. The third-order valence-electron chi connectivity index (χ3n) is 0.809. The van der Waals surface area contributed by atoms with E-state index >= 15 is 0 Å². The van der Waals surface area contributed by atoms with E-state index < -0.39 is 4.56 Å². The second-order valence-corrected chi connectivity index (χ2v) is 3.19. The fourth-order valence-electron chi connectivity index (χ4n) is 0.448. The van der Waals surface area contributed by atoms with Crippen LogP contribution in [0.4, 0.5) is 4.79 Å². The molecule has 0 aromatic carbocycles. The summed E-state index contributed by atoms with van der Waals surface area (Å²) in [4.78, 5) is 12.9. The molecule has 4 heteroatoms. The first kappa shape index (κ1) is 10.2. The zero-order valence-electron chi connectivity index (χ0n) is 6.32. The predicted molar refractivity (Wildman–Crippen MR) is 37.0 cm³/mol. The van der Waals surface area contributed by atoms with Crippen LogP contribution in [-0.2, 0) is 18.3 Å². The van der Waals surface area contributed by atoms with Crippen LogP contribution in [0.25, 0.3) is 0 Å². The van der Waals surface area contributed by atoms with Crippen molar-refractivity contribution in [3.8, 4) is 0 Å². The first-order chi connectivity index (χ1) is 5.13. The quantitative estimate of drug-likeness (QED) is 0.652. The molecule has 0 saturated heterocycles. The molecule has 0 aliphatic heterocycles. The summed E-state index contributed by atoms with van der Waals surface area (Å²) in [6.07, 6.45) is 3.60. The number of rotatable bonds is 0. The summed E-state index contributed by atoms with van der Waals surface area (Å²) < 4.78 is -0.708. The molecule has 0 spiro atoms. The van der Waals surface area contributed by atoms with Crippen molar-refractivity contribution in [1.29, 1.82) is 0 Å². The van der Waals surface area contributed by atoms with E-state index in [9.17, 15) is 0 Å². The normalized spacial score (nSPS) is 7.91. The van der Waals surface area contributed by atoms with Gasteiger partial charge in [-0.2, -0.15) is 0 Å². The van der Waals surface area contributed by atoms with Crippen molar-refractivity contribution in [3.63, 3.8) is 0 Å². The average Bonchev–Trinajstić information content (AvgIpc) is 1.87. The summed E-state index contributed by atoms with van der Waals surface area (Å²) >= 11 is 0.347. The van der Waals surface area contributed by atoms with Gasteiger partial charge in [0.15, 0.2) is 0 Å². The molecular weight excluding hydrogens is 195 g/mol. The van der Waals surface area contributed by atoms with Gasteiger partial charge < -0.3 is 0 Å². The van der Waals surface area contributed by atoms with Gasteiger partial charge in [0.05, 0.1) is 0 Å². The van der Waals surface area contributed by atoms with Crippen molar-refractivity contribution in [2.45, 2.75) is 6.92 Å². The maximum absolute atomic E-state index is 9.06. The number of nitrogens with zero attached hydrogens (tertiary/aromatic N) is 1. The van der Waals surface area contributed by atoms with E-state index in [1.165, 1.54) is 5.56 Å². The Morgan fingerprint density at radius 1 is 1.73 bits per heavy atom. The fourth-order valence-corrected chi connectivity index (χ4v) is 0.448. The molecule has 1 rings (SSSR count). The van der Waals surface area contributed by atoms with Crippen LogP contribution < -0.4 is 0 Å². The monoisotopic (exact) mass is 202 g/mol. The molecule has 11 heavy (non-hydrogen) atoms. The standard InChI is InChI=1S/C6H7N.CHO2.Zn/c1-6-3-2-4-7-5-6;2-1-3;/h2-5H,1H3;(H,2,3);. The van der Waals surface area contributed by atoms with Crippen molar-refractivity contribution in [3.05, 3.63) is 30.1 Å². The van der Waals surface area contributed by atoms with Gasteiger partial charge in [0, 0.05) is 12.4 Å². The molecule has 0 aliphatic rings. The van der Waals surface area contributed by atoms with Gasteiger partial charge in [-0.3, -0.25) is 4.98 Å². The number of hydrogen-bond acceptors (Lipinski definition) is 2. The van der Waals surface area contributed by atoms with Crippen LogP contribution in [-0.4, -0.2) is 14.7 Å². The molecule has 0 fully saturated rings. The van der Waals surface area contributed by atoms with Crippen LogP contribution in [0.2, 0.25) is 0 Å². The molecule has 1 aromatic heterocycles. The van der Waals surface area contributed by atoms with Crippen molar-refractivity contribution in [2.75, 3.05) is 0 Å². The van der Waals surface area contributed by atoms with E-state index in [0.29, 0.717) is 18.3 Å². The van der Waals surface area contributed by atoms with Crippen molar-refractivity contribution in [2.24, 2.45) is 0 Å². The molecule has 1 heterocycles. The maximum atomic E-state index is 9.06. The van der Waals surface area contributed by atoms with Crippen molar-refractivity contribution < 1.29 is 28.2 Å². The van der Waals surface area contributed by atoms with E-state index in [2.05, 4.69) is 4.98 Å². The minimum atomic E-state index is -0.708. The molecule has 0 bridgehead atoms. The summed E-state index contributed by atoms with van der Waals surface area (Å²) in [5, 5.41) is 7.47. The van der Waals surface area contributed by atoms with Crippen LogP contribution in [0, 0.1) is 6.92 Å². The molecular formula is C7H8NO2Zn. The van der Waals surface area contributed by atoms with E-state index in [1.54, 1.807) is 6.20 Å². The Hall–Kier alpha value is -0.757. The number of carboxylic acid groups (broad SMARTS) is 1. The van der Waals surface area contributed by atoms with Gasteiger partial charge in [0.25, 0.3) is 0 Å². The molecule has 0 radical (unpaired) electrons. The van der Waals surface area contributed by atoms with E-state index in [4.69, 9.17) is 9.90 Å². The SMILES string of the molecule is Cc1cccnc1.O=[C](O)[Zn]. The van der Waals surface area contributed by atoms with Gasteiger partial charge in [0.2, 0.25) is 0 Å². The molecule has 0 saturated carbocycles. The first-order valence-electron chi connectivity index (χ1n) is 3.04. The Bertz CT molecular complexity index is 209. The van der Waals surface area contributed by atoms with Gasteiger partial charge in [-0.25, -0.2) is 0 Å². The molecule has 55 valence electrons. The topological polar surface area (TPSA) is 50.2 Å². The van der Waals surface area contributed by atoms with Crippen LogP contribution in [0.5, 0.6) is 0 Å². The second kappa shape index (κ2) is 5.99. The van der Waals surface area contributed by atoms with Gasteiger partial charge in [-0.1, -0.05) is 6.07 Å². The molecule has 3 nitrogen and oxygen atoms in total. The second-order valence-electron chi connectivity index (χ2n) is 1.92. The Morgan fingerprint density at radius 2 is 2.27 bits per heavy atom. The number of pyridine rings is 1.